The Labute approximate surface area is 114 Å². The summed E-state index contributed by atoms with van der Waals surface area (Å²) in [4.78, 5) is 12.0. The molecule has 2 aliphatic carbocycles. The van der Waals surface area contributed by atoms with E-state index in [2.05, 4.69) is 5.32 Å². The van der Waals surface area contributed by atoms with E-state index in [1.807, 2.05) is 18.7 Å². The molecular formula is C14H25NO2S. The van der Waals surface area contributed by atoms with Gasteiger partial charge in [0, 0.05) is 17.0 Å². The van der Waals surface area contributed by atoms with Gasteiger partial charge in [0.2, 0.25) is 0 Å². The minimum atomic E-state index is -0.502. The lowest BCUT2D eigenvalue weighted by molar-refractivity contribution is -0.147. The number of thioether (sulfide) groups is 1. The molecule has 0 heterocycles. The molecule has 0 aromatic heterocycles. The normalized spacial score (nSPS) is 24.6. The number of hydrogen-bond acceptors (Lipinski definition) is 4. The van der Waals surface area contributed by atoms with Crippen molar-refractivity contribution < 1.29 is 9.53 Å². The molecule has 0 aliphatic heterocycles. The van der Waals surface area contributed by atoms with Crippen LogP contribution in [0, 0.1) is 0 Å². The van der Waals surface area contributed by atoms with Crippen molar-refractivity contribution in [1.29, 1.82) is 0 Å². The summed E-state index contributed by atoms with van der Waals surface area (Å²) >= 11 is 1.95. The van der Waals surface area contributed by atoms with Gasteiger partial charge in [0.15, 0.2) is 0 Å². The van der Waals surface area contributed by atoms with Gasteiger partial charge in [0.05, 0.1) is 7.11 Å². The lowest BCUT2D eigenvalue weighted by atomic mass is 10.0. The second-order valence-corrected chi connectivity index (χ2v) is 7.10. The molecule has 104 valence electrons. The van der Waals surface area contributed by atoms with E-state index in [0.717, 1.165) is 11.0 Å². The molecule has 18 heavy (non-hydrogen) atoms. The van der Waals surface area contributed by atoms with Crippen molar-refractivity contribution in [1.82, 2.24) is 5.32 Å². The van der Waals surface area contributed by atoms with E-state index in [0.29, 0.717) is 6.04 Å². The van der Waals surface area contributed by atoms with Crippen LogP contribution < -0.4 is 5.32 Å². The zero-order valence-electron chi connectivity index (χ0n) is 11.5. The predicted molar refractivity (Wildman–Crippen MR) is 75.9 cm³/mol. The highest BCUT2D eigenvalue weighted by atomic mass is 32.2. The molecule has 1 unspecified atom stereocenters. The van der Waals surface area contributed by atoms with Gasteiger partial charge in [-0.3, -0.25) is 10.1 Å². The zero-order chi connectivity index (χ0) is 13.0. The topological polar surface area (TPSA) is 38.3 Å². The van der Waals surface area contributed by atoms with E-state index in [1.54, 1.807) is 0 Å². The minimum absolute atomic E-state index is 0.113. The number of esters is 1. The standard InChI is InChI=1S/C14H25NO2S/c1-14(13(16)17-2,15-11-8-9-11)10-18-12-6-4-3-5-7-12/h11-12,15H,3-10H2,1-2H3. The van der Waals surface area contributed by atoms with Crippen LogP contribution in [-0.2, 0) is 9.53 Å². The summed E-state index contributed by atoms with van der Waals surface area (Å²) in [6.07, 6.45) is 9.09. The van der Waals surface area contributed by atoms with Gasteiger partial charge in [0.25, 0.3) is 0 Å². The average Bonchev–Trinajstić information content (AvgIpc) is 3.20. The Balaban J connectivity index is 1.85. The first-order valence-corrected chi connectivity index (χ1v) is 8.16. The minimum Gasteiger partial charge on any atom is -0.468 e. The van der Waals surface area contributed by atoms with E-state index in [4.69, 9.17) is 4.74 Å². The molecule has 0 radical (unpaired) electrons. The van der Waals surface area contributed by atoms with Gasteiger partial charge in [-0.2, -0.15) is 11.8 Å². The molecule has 0 saturated heterocycles. The van der Waals surface area contributed by atoms with E-state index >= 15 is 0 Å². The third-order valence-corrected chi connectivity index (χ3v) is 5.58. The van der Waals surface area contributed by atoms with Crippen molar-refractivity contribution in [3.63, 3.8) is 0 Å². The lowest BCUT2D eigenvalue weighted by Gasteiger charge is -2.30. The molecule has 2 saturated carbocycles. The molecular weight excluding hydrogens is 246 g/mol. The van der Waals surface area contributed by atoms with Gasteiger partial charge in [-0.15, -0.1) is 0 Å². The van der Waals surface area contributed by atoms with Crippen LogP contribution in [0.2, 0.25) is 0 Å². The summed E-state index contributed by atoms with van der Waals surface area (Å²) in [5.74, 6) is 0.721. The molecule has 2 rings (SSSR count). The van der Waals surface area contributed by atoms with Crippen LogP contribution in [0.1, 0.15) is 51.9 Å². The van der Waals surface area contributed by atoms with Crippen LogP contribution in [-0.4, -0.2) is 35.7 Å². The van der Waals surface area contributed by atoms with Gasteiger partial charge >= 0.3 is 5.97 Å². The monoisotopic (exact) mass is 271 g/mol. The zero-order valence-corrected chi connectivity index (χ0v) is 12.4. The summed E-state index contributed by atoms with van der Waals surface area (Å²) in [5, 5.41) is 4.20. The molecule has 4 heteroatoms. The van der Waals surface area contributed by atoms with Crippen LogP contribution in [0.25, 0.3) is 0 Å². The quantitative estimate of drug-likeness (QED) is 0.754. The molecule has 0 amide bonds. The Bertz CT molecular complexity index is 288. The number of rotatable bonds is 6. The summed E-state index contributed by atoms with van der Waals surface area (Å²) in [6, 6.07) is 0.529. The van der Waals surface area contributed by atoms with Crippen molar-refractivity contribution in [3.05, 3.63) is 0 Å². The van der Waals surface area contributed by atoms with Gasteiger partial charge in [-0.1, -0.05) is 19.3 Å². The molecule has 1 atom stereocenters. The first-order chi connectivity index (χ1) is 8.64. The van der Waals surface area contributed by atoms with Gasteiger partial charge in [-0.05, 0) is 32.6 Å². The number of carbonyl (C=O) groups excluding carboxylic acids is 1. The summed E-state index contributed by atoms with van der Waals surface area (Å²) in [6.45, 7) is 1.99. The fourth-order valence-electron chi connectivity index (χ4n) is 2.58. The maximum absolute atomic E-state index is 12.0. The maximum Gasteiger partial charge on any atom is 0.326 e. The molecule has 2 aliphatic rings. The number of ether oxygens (including phenoxy) is 1. The fourth-order valence-corrected chi connectivity index (χ4v) is 4.02. The molecule has 0 aromatic carbocycles. The Kier molecular flexibility index (Phi) is 4.96. The maximum atomic E-state index is 12.0. The number of carbonyl (C=O) groups is 1. The third kappa shape index (κ3) is 3.89. The molecule has 1 N–H and O–H groups in total. The first kappa shape index (κ1) is 14.2. The second-order valence-electron chi connectivity index (χ2n) is 5.81. The molecule has 0 aromatic rings. The summed E-state index contributed by atoms with van der Waals surface area (Å²) < 4.78 is 4.97. The molecule has 0 bridgehead atoms. The van der Waals surface area contributed by atoms with Crippen molar-refractivity contribution in [2.75, 3.05) is 12.9 Å². The van der Waals surface area contributed by atoms with E-state index in [-0.39, 0.29) is 5.97 Å². The Morgan fingerprint density at radius 1 is 1.28 bits per heavy atom. The summed E-state index contributed by atoms with van der Waals surface area (Å²) in [5.41, 5.74) is -0.502. The highest BCUT2D eigenvalue weighted by Crippen LogP contribution is 2.32. The average molecular weight is 271 g/mol. The number of methoxy groups -OCH3 is 1. The second kappa shape index (κ2) is 6.29. The third-order valence-electron chi connectivity index (χ3n) is 3.90. The largest absolute Gasteiger partial charge is 0.468 e. The lowest BCUT2D eigenvalue weighted by Crippen LogP contribution is -2.53. The fraction of sp³-hybridized carbons (Fsp3) is 0.929. The Morgan fingerprint density at radius 2 is 1.94 bits per heavy atom. The van der Waals surface area contributed by atoms with E-state index in [9.17, 15) is 4.79 Å². The van der Waals surface area contributed by atoms with Crippen LogP contribution in [0.3, 0.4) is 0 Å². The van der Waals surface area contributed by atoms with Gasteiger partial charge in [-0.25, -0.2) is 0 Å². The molecule has 3 nitrogen and oxygen atoms in total. The summed E-state index contributed by atoms with van der Waals surface area (Å²) in [7, 11) is 1.49. The van der Waals surface area contributed by atoms with Crippen molar-refractivity contribution in [2.45, 2.75) is 68.7 Å². The van der Waals surface area contributed by atoms with Crippen molar-refractivity contribution in [2.24, 2.45) is 0 Å². The highest BCUT2D eigenvalue weighted by molar-refractivity contribution is 8.00. The Hall–Kier alpha value is -0.220. The Morgan fingerprint density at radius 3 is 2.50 bits per heavy atom. The smallest absolute Gasteiger partial charge is 0.326 e. The van der Waals surface area contributed by atoms with Crippen LogP contribution in [0.4, 0.5) is 0 Å². The SMILES string of the molecule is COC(=O)C(C)(CSC1CCCCC1)NC1CC1. The van der Waals surface area contributed by atoms with E-state index < -0.39 is 5.54 Å². The van der Waals surface area contributed by atoms with Gasteiger partial charge in [0.1, 0.15) is 5.54 Å². The van der Waals surface area contributed by atoms with Crippen LogP contribution in [0.15, 0.2) is 0 Å². The van der Waals surface area contributed by atoms with Crippen molar-refractivity contribution >= 4 is 17.7 Å². The predicted octanol–water partition coefficient (Wildman–Crippen LogP) is 2.74. The number of hydrogen-bond donors (Lipinski definition) is 1. The number of nitrogens with one attached hydrogen (secondary N) is 1. The van der Waals surface area contributed by atoms with E-state index in [1.165, 1.54) is 52.1 Å². The van der Waals surface area contributed by atoms with Gasteiger partial charge < -0.3 is 4.74 Å². The highest BCUT2D eigenvalue weighted by Gasteiger charge is 2.39. The molecule has 2 fully saturated rings. The first-order valence-electron chi connectivity index (χ1n) is 7.12. The molecule has 0 spiro atoms. The van der Waals surface area contributed by atoms with Crippen LogP contribution >= 0.6 is 11.8 Å². The van der Waals surface area contributed by atoms with Crippen molar-refractivity contribution in [3.8, 4) is 0 Å². The van der Waals surface area contributed by atoms with Crippen LogP contribution in [0.5, 0.6) is 0 Å².